The predicted molar refractivity (Wildman–Crippen MR) is 110 cm³/mol. The molecule has 4 nitrogen and oxygen atoms in total. The molecule has 0 bridgehead atoms. The molecule has 1 aliphatic heterocycles. The minimum absolute atomic E-state index is 0.0712. The van der Waals surface area contributed by atoms with Crippen LogP contribution in [0.5, 0.6) is 0 Å². The zero-order chi connectivity index (χ0) is 20.6. The number of carbonyl (C=O) groups excluding carboxylic acids is 1. The fraction of sp³-hybridized carbons (Fsp3) is 0.136. The average Bonchev–Trinajstić information content (AvgIpc) is 2.67. The molecule has 1 aliphatic rings. The van der Waals surface area contributed by atoms with Crippen molar-refractivity contribution >= 4 is 27.3 Å². The summed E-state index contributed by atoms with van der Waals surface area (Å²) in [5, 5.41) is -0.0423. The lowest BCUT2D eigenvalue weighted by atomic mass is 10.0. The molecule has 1 saturated heterocycles. The lowest BCUT2D eigenvalue weighted by molar-refractivity contribution is 0.0659. The smallest absolute Gasteiger partial charge is 0.253 e. The number of hydrogen-bond donors (Lipinski definition) is 0. The molecule has 3 aromatic carbocycles. The molecule has 0 aromatic heterocycles. The minimum atomic E-state index is -3.59. The Morgan fingerprint density at radius 3 is 2.21 bits per heavy atom. The second-order valence-electron chi connectivity index (χ2n) is 6.92. The van der Waals surface area contributed by atoms with E-state index < -0.39 is 20.9 Å². The predicted octanol–water partition coefficient (Wildman–Crippen LogP) is 4.44. The number of halogens is 2. The van der Waals surface area contributed by atoms with E-state index in [1.807, 2.05) is 30.3 Å². The molecule has 148 valence electrons. The van der Waals surface area contributed by atoms with Gasteiger partial charge in [-0.15, -0.1) is 0 Å². The first-order chi connectivity index (χ1) is 13.8. The Bertz CT molecular complexity index is 1160. The first kappa shape index (κ1) is 19.6. The van der Waals surface area contributed by atoms with Gasteiger partial charge in [0.1, 0.15) is 11.1 Å². The molecule has 0 spiro atoms. The first-order valence-corrected chi connectivity index (χ1v) is 10.9. The Morgan fingerprint density at radius 1 is 0.931 bits per heavy atom. The monoisotopic (exact) mass is 429 g/mol. The maximum atomic E-state index is 13.0. The van der Waals surface area contributed by atoms with Crippen molar-refractivity contribution < 1.29 is 17.6 Å². The molecule has 29 heavy (non-hydrogen) atoms. The van der Waals surface area contributed by atoms with Crippen LogP contribution in [0.15, 0.2) is 77.7 Å². The van der Waals surface area contributed by atoms with Crippen molar-refractivity contribution in [3.8, 4) is 11.1 Å². The van der Waals surface area contributed by atoms with Gasteiger partial charge in [-0.3, -0.25) is 4.79 Å². The molecule has 0 unspecified atom stereocenters. The number of carbonyl (C=O) groups is 1. The summed E-state index contributed by atoms with van der Waals surface area (Å²) in [6, 6.07) is 19.3. The molecule has 0 radical (unpaired) electrons. The summed E-state index contributed by atoms with van der Waals surface area (Å²) in [7, 11) is -3.59. The van der Waals surface area contributed by atoms with Crippen molar-refractivity contribution in [2.45, 2.75) is 10.1 Å². The van der Waals surface area contributed by atoms with Crippen molar-refractivity contribution in [3.63, 3.8) is 0 Å². The number of benzene rings is 3. The first-order valence-electron chi connectivity index (χ1n) is 8.99. The molecule has 0 atom stereocenters. The summed E-state index contributed by atoms with van der Waals surface area (Å²) in [4.78, 5) is 14.2. The molecule has 0 N–H and O–H groups in total. The van der Waals surface area contributed by atoms with Crippen LogP contribution in [0.1, 0.15) is 10.4 Å². The highest BCUT2D eigenvalue weighted by Crippen LogP contribution is 2.27. The Labute approximate surface area is 173 Å². The van der Waals surface area contributed by atoms with Gasteiger partial charge < -0.3 is 4.90 Å². The lowest BCUT2D eigenvalue weighted by Crippen LogP contribution is -2.56. The molecule has 4 rings (SSSR count). The van der Waals surface area contributed by atoms with Crippen LogP contribution < -0.4 is 0 Å². The van der Waals surface area contributed by atoms with Gasteiger partial charge in [0.05, 0.1) is 4.90 Å². The topological polar surface area (TPSA) is 54.5 Å². The molecular weight excluding hydrogens is 413 g/mol. The highest BCUT2D eigenvalue weighted by atomic mass is 35.5. The second-order valence-corrected chi connectivity index (χ2v) is 9.58. The van der Waals surface area contributed by atoms with Crippen molar-refractivity contribution in [3.05, 3.63) is 89.2 Å². The summed E-state index contributed by atoms with van der Waals surface area (Å²) in [5.41, 5.74) is 2.38. The maximum absolute atomic E-state index is 13.0. The van der Waals surface area contributed by atoms with Crippen LogP contribution >= 0.6 is 11.6 Å². The van der Waals surface area contributed by atoms with Crippen LogP contribution in [-0.4, -0.2) is 37.6 Å². The third kappa shape index (κ3) is 3.91. The number of likely N-dealkylation sites (tertiary alicyclic amines) is 1. The Hall–Kier alpha value is -2.70. The van der Waals surface area contributed by atoms with E-state index >= 15 is 0 Å². The number of rotatable bonds is 4. The molecule has 3 aromatic rings. The van der Waals surface area contributed by atoms with Gasteiger partial charge >= 0.3 is 0 Å². The van der Waals surface area contributed by atoms with Gasteiger partial charge in [0.2, 0.25) is 0 Å². The fourth-order valence-electron chi connectivity index (χ4n) is 3.27. The minimum Gasteiger partial charge on any atom is -0.336 e. The van der Waals surface area contributed by atoms with E-state index in [9.17, 15) is 17.6 Å². The standard InChI is InChI=1S/C22H17ClFNO3S/c23-18-3-1-2-17(12-18)15-4-6-16(7-5-15)22(26)25-13-21(14-25)29(27,28)20-10-8-19(24)9-11-20/h1-12,21H,13-14H2. The van der Waals surface area contributed by atoms with Crippen molar-refractivity contribution in [1.82, 2.24) is 4.90 Å². The van der Waals surface area contributed by atoms with E-state index in [0.717, 1.165) is 23.3 Å². The van der Waals surface area contributed by atoms with Gasteiger partial charge in [-0.1, -0.05) is 35.9 Å². The number of sulfone groups is 1. The van der Waals surface area contributed by atoms with E-state index in [1.165, 1.54) is 17.0 Å². The zero-order valence-corrected chi connectivity index (χ0v) is 16.8. The summed E-state index contributed by atoms with van der Waals surface area (Å²) in [6.07, 6.45) is 0. The summed E-state index contributed by atoms with van der Waals surface area (Å²) in [6.45, 7) is 0.239. The Kier molecular flexibility index (Phi) is 5.15. The SMILES string of the molecule is O=C(c1ccc(-c2cccc(Cl)c2)cc1)N1CC(S(=O)(=O)c2ccc(F)cc2)C1. The molecule has 7 heteroatoms. The molecule has 0 aliphatic carbocycles. The number of nitrogens with zero attached hydrogens (tertiary/aromatic N) is 1. The van der Waals surface area contributed by atoms with E-state index in [2.05, 4.69) is 0 Å². The highest BCUT2D eigenvalue weighted by Gasteiger charge is 2.40. The quantitative estimate of drug-likeness (QED) is 0.576. The number of hydrogen-bond acceptors (Lipinski definition) is 3. The maximum Gasteiger partial charge on any atom is 0.253 e. The van der Waals surface area contributed by atoms with E-state index in [1.54, 1.807) is 18.2 Å². The molecule has 0 saturated carbocycles. The third-order valence-electron chi connectivity index (χ3n) is 5.01. The van der Waals surface area contributed by atoms with Crippen molar-refractivity contribution in [2.75, 3.05) is 13.1 Å². The van der Waals surface area contributed by atoms with E-state index in [4.69, 9.17) is 11.6 Å². The van der Waals surface area contributed by atoms with Gasteiger partial charge in [-0.25, -0.2) is 12.8 Å². The van der Waals surface area contributed by atoms with Crippen LogP contribution in [0, 0.1) is 5.82 Å². The normalized spacial score (nSPS) is 14.5. The Morgan fingerprint density at radius 2 is 1.59 bits per heavy atom. The van der Waals surface area contributed by atoms with Gasteiger partial charge in [0.15, 0.2) is 9.84 Å². The van der Waals surface area contributed by atoms with Crippen molar-refractivity contribution in [2.24, 2.45) is 0 Å². The number of amides is 1. The van der Waals surface area contributed by atoms with E-state index in [-0.39, 0.29) is 23.9 Å². The fourth-order valence-corrected chi connectivity index (χ4v) is 5.12. The van der Waals surface area contributed by atoms with Gasteiger partial charge in [-0.05, 0) is 59.7 Å². The molecular formula is C22H17ClFNO3S. The summed E-state index contributed by atoms with van der Waals surface area (Å²) < 4.78 is 38.2. The van der Waals surface area contributed by atoms with Crippen LogP contribution in [0.2, 0.25) is 5.02 Å². The van der Waals surface area contributed by atoms with E-state index in [0.29, 0.717) is 10.6 Å². The molecule has 1 amide bonds. The third-order valence-corrected chi connectivity index (χ3v) is 7.35. The largest absolute Gasteiger partial charge is 0.336 e. The Balaban J connectivity index is 1.43. The van der Waals surface area contributed by atoms with Crippen LogP contribution in [0.25, 0.3) is 11.1 Å². The molecule has 1 fully saturated rings. The van der Waals surface area contributed by atoms with Crippen LogP contribution in [0.4, 0.5) is 4.39 Å². The van der Waals surface area contributed by atoms with Crippen LogP contribution in [0.3, 0.4) is 0 Å². The van der Waals surface area contributed by atoms with Gasteiger partial charge in [-0.2, -0.15) is 0 Å². The average molecular weight is 430 g/mol. The van der Waals surface area contributed by atoms with Gasteiger partial charge in [0, 0.05) is 23.7 Å². The zero-order valence-electron chi connectivity index (χ0n) is 15.3. The molecule has 1 heterocycles. The highest BCUT2D eigenvalue weighted by molar-refractivity contribution is 7.92. The van der Waals surface area contributed by atoms with Gasteiger partial charge in [0.25, 0.3) is 5.91 Å². The summed E-state index contributed by atoms with van der Waals surface area (Å²) in [5.74, 6) is -0.705. The summed E-state index contributed by atoms with van der Waals surface area (Å²) >= 11 is 6.02. The van der Waals surface area contributed by atoms with Crippen molar-refractivity contribution in [1.29, 1.82) is 0 Å². The lowest BCUT2D eigenvalue weighted by Gasteiger charge is -2.38. The van der Waals surface area contributed by atoms with Crippen LogP contribution in [-0.2, 0) is 9.84 Å². The second kappa shape index (κ2) is 7.61.